The molecule has 2 aromatic rings. The second-order valence-electron chi connectivity index (χ2n) is 5.87. The number of halogens is 1. The quantitative estimate of drug-likeness (QED) is 0.934. The number of hydrogen-bond donors (Lipinski definition) is 1. The Labute approximate surface area is 124 Å². The highest BCUT2D eigenvalue weighted by molar-refractivity contribution is 6.31. The lowest BCUT2D eigenvalue weighted by Gasteiger charge is -2.28. The molecule has 0 bridgehead atoms. The van der Waals surface area contributed by atoms with Crippen LogP contribution in [0.4, 0.5) is 5.95 Å². The number of aromatic nitrogens is 3. The first-order valence-electron chi connectivity index (χ1n) is 7.44. The van der Waals surface area contributed by atoms with Crippen molar-refractivity contribution in [1.29, 1.82) is 0 Å². The molecule has 2 aromatic heterocycles. The topological polar surface area (TPSA) is 56.7 Å². The molecule has 0 aromatic carbocycles. The number of pyridine rings is 1. The highest BCUT2D eigenvalue weighted by Crippen LogP contribution is 2.32. The third kappa shape index (κ3) is 2.62. The van der Waals surface area contributed by atoms with Gasteiger partial charge in [-0.25, -0.2) is 9.97 Å². The van der Waals surface area contributed by atoms with Crippen LogP contribution in [0.5, 0.6) is 0 Å². The van der Waals surface area contributed by atoms with Crippen molar-refractivity contribution in [2.45, 2.75) is 45.6 Å². The predicted molar refractivity (Wildman–Crippen MR) is 82.7 cm³/mol. The Hall–Kier alpha value is -1.29. The molecule has 0 spiro atoms. The maximum atomic E-state index is 6.04. The molecule has 0 amide bonds. The molecule has 0 atom stereocenters. The van der Waals surface area contributed by atoms with E-state index in [4.69, 9.17) is 17.3 Å². The summed E-state index contributed by atoms with van der Waals surface area (Å²) in [5.41, 5.74) is 7.68. The second kappa shape index (κ2) is 5.60. The van der Waals surface area contributed by atoms with Gasteiger partial charge in [-0.2, -0.15) is 0 Å². The zero-order valence-electron chi connectivity index (χ0n) is 11.8. The van der Waals surface area contributed by atoms with Crippen LogP contribution >= 0.6 is 11.6 Å². The van der Waals surface area contributed by atoms with E-state index in [1.807, 2.05) is 10.6 Å². The Balaban J connectivity index is 1.79. The summed E-state index contributed by atoms with van der Waals surface area (Å²) in [6.07, 6.45) is 8.22. The Morgan fingerprint density at radius 1 is 1.30 bits per heavy atom. The molecule has 0 unspecified atom stereocenters. The molecular formula is C15H21ClN4. The first kappa shape index (κ1) is 13.7. The van der Waals surface area contributed by atoms with Gasteiger partial charge in [-0.05, 0) is 30.7 Å². The van der Waals surface area contributed by atoms with E-state index in [1.165, 1.54) is 32.1 Å². The predicted octanol–water partition coefficient (Wildman–Crippen LogP) is 3.88. The summed E-state index contributed by atoms with van der Waals surface area (Å²) in [5, 5.41) is 0.602. The largest absolute Gasteiger partial charge is 0.369 e. The molecule has 108 valence electrons. The number of nitrogens with two attached hydrogens (primary N) is 1. The van der Waals surface area contributed by atoms with E-state index in [0.29, 0.717) is 16.9 Å². The molecule has 0 saturated heterocycles. The number of fused-ring (bicyclic) bond motifs is 1. The van der Waals surface area contributed by atoms with Gasteiger partial charge < -0.3 is 5.73 Å². The minimum atomic E-state index is 0.549. The van der Waals surface area contributed by atoms with Crippen LogP contribution < -0.4 is 5.73 Å². The summed E-state index contributed by atoms with van der Waals surface area (Å²) < 4.78 is 2.04. The van der Waals surface area contributed by atoms with Gasteiger partial charge in [0.15, 0.2) is 5.65 Å². The van der Waals surface area contributed by atoms with Crippen molar-refractivity contribution in [2.24, 2.45) is 11.8 Å². The lowest BCUT2D eigenvalue weighted by atomic mass is 9.81. The lowest BCUT2D eigenvalue weighted by molar-refractivity contribution is 0.250. The molecule has 1 aliphatic rings. The summed E-state index contributed by atoms with van der Waals surface area (Å²) in [6, 6.07) is 1.82. The minimum absolute atomic E-state index is 0.549. The van der Waals surface area contributed by atoms with E-state index in [-0.39, 0.29) is 0 Å². The molecule has 0 radical (unpaired) electrons. The van der Waals surface area contributed by atoms with Crippen molar-refractivity contribution >= 4 is 28.7 Å². The summed E-state index contributed by atoms with van der Waals surface area (Å²) in [7, 11) is 0. The Morgan fingerprint density at radius 3 is 2.70 bits per heavy atom. The zero-order chi connectivity index (χ0) is 14.1. The van der Waals surface area contributed by atoms with Gasteiger partial charge in [0, 0.05) is 12.7 Å². The van der Waals surface area contributed by atoms with Crippen molar-refractivity contribution < 1.29 is 0 Å². The second-order valence-corrected chi connectivity index (χ2v) is 6.31. The van der Waals surface area contributed by atoms with Crippen LogP contribution in [0.25, 0.3) is 11.2 Å². The summed E-state index contributed by atoms with van der Waals surface area (Å²) in [4.78, 5) is 8.75. The standard InChI is InChI=1S/C15H21ClN4/c1-2-10-3-5-11(6-4-10)9-20-14-13(19-15(20)17)7-12(16)8-18-14/h7-8,10-11H,2-6,9H2,1H3,(H2,17,19). The lowest BCUT2D eigenvalue weighted by Crippen LogP contribution is -2.19. The molecule has 1 saturated carbocycles. The summed E-state index contributed by atoms with van der Waals surface area (Å²) in [5.74, 6) is 2.16. The smallest absolute Gasteiger partial charge is 0.202 e. The van der Waals surface area contributed by atoms with E-state index in [1.54, 1.807) is 6.20 Å². The van der Waals surface area contributed by atoms with Crippen molar-refractivity contribution in [1.82, 2.24) is 14.5 Å². The maximum Gasteiger partial charge on any atom is 0.202 e. The maximum absolute atomic E-state index is 6.04. The fourth-order valence-electron chi connectivity index (χ4n) is 3.26. The van der Waals surface area contributed by atoms with Crippen LogP contribution in [-0.4, -0.2) is 14.5 Å². The number of hydrogen-bond acceptors (Lipinski definition) is 3. The summed E-state index contributed by atoms with van der Waals surface area (Å²) >= 11 is 5.95. The first-order chi connectivity index (χ1) is 9.67. The molecule has 2 heterocycles. The van der Waals surface area contributed by atoms with Crippen LogP contribution in [0.1, 0.15) is 39.0 Å². The molecule has 1 aliphatic carbocycles. The van der Waals surface area contributed by atoms with E-state index in [0.717, 1.165) is 23.6 Å². The minimum Gasteiger partial charge on any atom is -0.369 e. The van der Waals surface area contributed by atoms with Crippen LogP contribution in [0.3, 0.4) is 0 Å². The summed E-state index contributed by atoms with van der Waals surface area (Å²) in [6.45, 7) is 3.22. The van der Waals surface area contributed by atoms with Crippen molar-refractivity contribution in [3.63, 3.8) is 0 Å². The van der Waals surface area contributed by atoms with Gasteiger partial charge in [0.25, 0.3) is 0 Å². The highest BCUT2D eigenvalue weighted by atomic mass is 35.5. The first-order valence-corrected chi connectivity index (χ1v) is 7.82. The number of rotatable bonds is 3. The van der Waals surface area contributed by atoms with E-state index >= 15 is 0 Å². The molecule has 0 aliphatic heterocycles. The highest BCUT2D eigenvalue weighted by Gasteiger charge is 2.22. The normalized spacial score (nSPS) is 23.3. The van der Waals surface area contributed by atoms with Crippen LogP contribution in [0.15, 0.2) is 12.3 Å². The monoisotopic (exact) mass is 292 g/mol. The SMILES string of the molecule is CCC1CCC(Cn2c(N)nc3cc(Cl)cnc32)CC1. The van der Waals surface area contributed by atoms with Crippen molar-refractivity contribution in [3.05, 3.63) is 17.3 Å². The van der Waals surface area contributed by atoms with Crippen LogP contribution in [0.2, 0.25) is 5.02 Å². The van der Waals surface area contributed by atoms with Gasteiger partial charge in [-0.3, -0.25) is 4.57 Å². The number of imidazole rings is 1. The zero-order valence-corrected chi connectivity index (χ0v) is 12.6. The molecule has 1 fully saturated rings. The Kier molecular flexibility index (Phi) is 3.83. The van der Waals surface area contributed by atoms with Crippen LogP contribution in [-0.2, 0) is 6.54 Å². The third-order valence-electron chi connectivity index (χ3n) is 4.57. The number of nitrogens with zero attached hydrogens (tertiary/aromatic N) is 3. The average molecular weight is 293 g/mol. The van der Waals surface area contributed by atoms with Gasteiger partial charge >= 0.3 is 0 Å². The van der Waals surface area contributed by atoms with Crippen LogP contribution in [0, 0.1) is 11.8 Å². The molecule has 20 heavy (non-hydrogen) atoms. The Bertz CT molecular complexity index is 599. The van der Waals surface area contributed by atoms with E-state index < -0.39 is 0 Å². The van der Waals surface area contributed by atoms with Gasteiger partial charge in [0.2, 0.25) is 5.95 Å². The Morgan fingerprint density at radius 2 is 2.00 bits per heavy atom. The van der Waals surface area contributed by atoms with Crippen molar-refractivity contribution in [2.75, 3.05) is 5.73 Å². The van der Waals surface area contributed by atoms with Gasteiger partial charge in [0.1, 0.15) is 5.52 Å². The van der Waals surface area contributed by atoms with Gasteiger partial charge in [0.05, 0.1) is 5.02 Å². The number of anilines is 1. The molecule has 3 rings (SSSR count). The molecule has 4 nitrogen and oxygen atoms in total. The van der Waals surface area contributed by atoms with Gasteiger partial charge in [-0.15, -0.1) is 0 Å². The van der Waals surface area contributed by atoms with Crippen molar-refractivity contribution in [3.8, 4) is 0 Å². The van der Waals surface area contributed by atoms with E-state index in [9.17, 15) is 0 Å². The third-order valence-corrected chi connectivity index (χ3v) is 4.77. The molecule has 2 N–H and O–H groups in total. The molecular weight excluding hydrogens is 272 g/mol. The van der Waals surface area contributed by atoms with Gasteiger partial charge in [-0.1, -0.05) is 37.8 Å². The fourth-order valence-corrected chi connectivity index (χ4v) is 3.42. The number of nitrogen functional groups attached to an aromatic ring is 1. The fraction of sp³-hybridized carbons (Fsp3) is 0.600. The average Bonchev–Trinajstić information content (AvgIpc) is 2.75. The van der Waals surface area contributed by atoms with E-state index in [2.05, 4.69) is 16.9 Å². The molecule has 5 heteroatoms.